The van der Waals surface area contributed by atoms with E-state index in [2.05, 4.69) is 15.5 Å². The van der Waals surface area contributed by atoms with Crippen LogP contribution in [0.15, 0.2) is 22.7 Å². The fourth-order valence-electron chi connectivity index (χ4n) is 2.91. The number of hydrogen-bond donors (Lipinski definition) is 1. The van der Waals surface area contributed by atoms with Crippen molar-refractivity contribution in [1.82, 2.24) is 15.0 Å². The average molecular weight is 336 g/mol. The van der Waals surface area contributed by atoms with E-state index in [1.165, 1.54) is 0 Å². The summed E-state index contributed by atoms with van der Waals surface area (Å²) in [5, 5.41) is 6.33. The minimum absolute atomic E-state index is 0.108. The Kier molecular flexibility index (Phi) is 4.84. The molecule has 1 aliphatic heterocycles. The van der Waals surface area contributed by atoms with E-state index in [0.29, 0.717) is 24.7 Å². The van der Waals surface area contributed by atoms with Gasteiger partial charge in [-0.1, -0.05) is 11.6 Å². The molecule has 1 atom stereocenters. The van der Waals surface area contributed by atoms with Gasteiger partial charge in [0.15, 0.2) is 5.82 Å². The number of nitrogens with one attached hydrogen (secondary N) is 1. The molecule has 24 heavy (non-hydrogen) atoms. The van der Waals surface area contributed by atoms with Crippen LogP contribution in [0.5, 0.6) is 0 Å². The van der Waals surface area contributed by atoms with Gasteiger partial charge >= 0.3 is 0 Å². The molecule has 1 amide bonds. The maximum absolute atomic E-state index is 13.3. The first-order chi connectivity index (χ1) is 11.5. The van der Waals surface area contributed by atoms with E-state index in [-0.39, 0.29) is 11.6 Å². The summed E-state index contributed by atoms with van der Waals surface area (Å²) in [4.78, 5) is 18.6. The Bertz CT molecular complexity index is 714. The van der Waals surface area contributed by atoms with Gasteiger partial charge in [-0.2, -0.15) is 4.98 Å². The van der Waals surface area contributed by atoms with Crippen LogP contribution in [-0.2, 0) is 11.3 Å². The highest BCUT2D eigenvalue weighted by atomic mass is 19.1. The number of nitrogens with zero attached hydrogens (tertiary/aromatic N) is 3. The average Bonchev–Trinajstić information content (AvgIpc) is 2.92. The van der Waals surface area contributed by atoms with Crippen LogP contribution < -0.4 is 5.32 Å². The topological polar surface area (TPSA) is 71.3 Å². The minimum Gasteiger partial charge on any atom is -0.338 e. The molecular formula is C16H18F2N4O2. The molecule has 128 valence electrons. The maximum Gasteiger partial charge on any atom is 0.241 e. The van der Waals surface area contributed by atoms with Crippen molar-refractivity contribution in [3.8, 4) is 0 Å². The van der Waals surface area contributed by atoms with Crippen molar-refractivity contribution in [3.63, 3.8) is 0 Å². The number of benzene rings is 1. The molecule has 0 spiro atoms. The van der Waals surface area contributed by atoms with Crippen LogP contribution in [0.2, 0.25) is 0 Å². The highest BCUT2D eigenvalue weighted by Gasteiger charge is 2.30. The molecule has 3 rings (SSSR count). The largest absolute Gasteiger partial charge is 0.338 e. The summed E-state index contributed by atoms with van der Waals surface area (Å²) < 4.78 is 31.6. The number of carbonyl (C=O) groups is 1. The molecule has 1 N–H and O–H groups in total. The molecule has 8 heteroatoms. The van der Waals surface area contributed by atoms with E-state index in [1.807, 2.05) is 4.90 Å². The van der Waals surface area contributed by atoms with E-state index < -0.39 is 17.7 Å². The van der Waals surface area contributed by atoms with Gasteiger partial charge in [0.25, 0.3) is 0 Å². The third kappa shape index (κ3) is 3.94. The van der Waals surface area contributed by atoms with Crippen LogP contribution in [0.25, 0.3) is 0 Å². The summed E-state index contributed by atoms with van der Waals surface area (Å²) >= 11 is 0. The zero-order valence-electron chi connectivity index (χ0n) is 13.3. The third-order valence-corrected chi connectivity index (χ3v) is 3.95. The standard InChI is InChI=1S/C16H18F2N4O2/c1-10-19-15(24-21-10)9-22-5-3-2-4-14(22)16(23)20-13-7-11(17)6-12(18)8-13/h6-8,14H,2-5,9H2,1H3,(H,20,23)/t14-/m1/s1. The molecule has 2 aromatic rings. The highest BCUT2D eigenvalue weighted by molar-refractivity contribution is 5.94. The molecular weight excluding hydrogens is 318 g/mol. The van der Waals surface area contributed by atoms with Gasteiger partial charge in [0.05, 0.1) is 12.6 Å². The highest BCUT2D eigenvalue weighted by Crippen LogP contribution is 2.21. The number of aromatic nitrogens is 2. The smallest absolute Gasteiger partial charge is 0.241 e. The number of anilines is 1. The minimum atomic E-state index is -0.730. The lowest BCUT2D eigenvalue weighted by molar-refractivity contribution is -0.122. The Morgan fingerprint density at radius 1 is 1.33 bits per heavy atom. The molecule has 2 heterocycles. The van der Waals surface area contributed by atoms with Crippen molar-refractivity contribution in [2.45, 2.75) is 38.8 Å². The van der Waals surface area contributed by atoms with Crippen molar-refractivity contribution >= 4 is 11.6 Å². The van der Waals surface area contributed by atoms with Gasteiger partial charge in [-0.15, -0.1) is 0 Å². The van der Waals surface area contributed by atoms with Crippen molar-refractivity contribution in [3.05, 3.63) is 41.5 Å². The molecule has 0 saturated carbocycles. The molecule has 0 unspecified atom stereocenters. The summed E-state index contributed by atoms with van der Waals surface area (Å²) in [7, 11) is 0. The summed E-state index contributed by atoms with van der Waals surface area (Å²) in [6.45, 7) is 2.82. The summed E-state index contributed by atoms with van der Waals surface area (Å²) in [6, 6.07) is 2.54. The molecule has 0 bridgehead atoms. The predicted octanol–water partition coefficient (Wildman–Crippen LogP) is 2.65. The lowest BCUT2D eigenvalue weighted by Gasteiger charge is -2.33. The Morgan fingerprint density at radius 3 is 2.75 bits per heavy atom. The van der Waals surface area contributed by atoms with Crippen LogP contribution in [0.4, 0.5) is 14.5 Å². The number of rotatable bonds is 4. The first-order valence-electron chi connectivity index (χ1n) is 7.81. The van der Waals surface area contributed by atoms with Crippen molar-refractivity contribution < 1.29 is 18.1 Å². The molecule has 1 aliphatic rings. The first-order valence-corrected chi connectivity index (χ1v) is 7.81. The second-order valence-electron chi connectivity index (χ2n) is 5.86. The van der Waals surface area contributed by atoms with Gasteiger partial charge in [0.1, 0.15) is 11.6 Å². The fourth-order valence-corrected chi connectivity index (χ4v) is 2.91. The van der Waals surface area contributed by atoms with Crippen LogP contribution in [-0.4, -0.2) is 33.5 Å². The first kappa shape index (κ1) is 16.5. The number of piperidine rings is 1. The number of likely N-dealkylation sites (tertiary alicyclic amines) is 1. The molecule has 6 nitrogen and oxygen atoms in total. The van der Waals surface area contributed by atoms with Crippen molar-refractivity contribution in [1.29, 1.82) is 0 Å². The zero-order chi connectivity index (χ0) is 17.1. The second-order valence-corrected chi connectivity index (χ2v) is 5.86. The number of amides is 1. The lowest BCUT2D eigenvalue weighted by atomic mass is 10.0. The van der Waals surface area contributed by atoms with E-state index in [9.17, 15) is 13.6 Å². The molecule has 1 aromatic carbocycles. The van der Waals surface area contributed by atoms with Crippen LogP contribution in [0.3, 0.4) is 0 Å². The Labute approximate surface area is 137 Å². The van der Waals surface area contributed by atoms with Gasteiger partial charge in [-0.25, -0.2) is 8.78 Å². The number of halogens is 2. The lowest BCUT2D eigenvalue weighted by Crippen LogP contribution is -2.46. The van der Waals surface area contributed by atoms with Crippen LogP contribution >= 0.6 is 0 Å². The monoisotopic (exact) mass is 336 g/mol. The normalized spacial score (nSPS) is 18.5. The van der Waals surface area contributed by atoms with Gasteiger partial charge in [0.2, 0.25) is 11.8 Å². The Hall–Kier alpha value is -2.35. The molecule has 1 saturated heterocycles. The number of hydrogen-bond acceptors (Lipinski definition) is 5. The van der Waals surface area contributed by atoms with Crippen LogP contribution in [0.1, 0.15) is 31.0 Å². The quantitative estimate of drug-likeness (QED) is 0.929. The molecule has 1 fully saturated rings. The summed E-state index contributed by atoms with van der Waals surface area (Å²) in [6.07, 6.45) is 2.54. The third-order valence-electron chi connectivity index (χ3n) is 3.95. The molecule has 1 aromatic heterocycles. The molecule has 0 aliphatic carbocycles. The summed E-state index contributed by atoms with van der Waals surface area (Å²) in [5.41, 5.74) is 0.108. The van der Waals surface area contributed by atoms with Gasteiger partial charge in [-0.3, -0.25) is 9.69 Å². The SMILES string of the molecule is Cc1noc(CN2CCCC[C@@H]2C(=O)Nc2cc(F)cc(F)c2)n1. The van der Waals surface area contributed by atoms with E-state index >= 15 is 0 Å². The fraction of sp³-hybridized carbons (Fsp3) is 0.438. The predicted molar refractivity (Wildman–Crippen MR) is 82.1 cm³/mol. The van der Waals surface area contributed by atoms with Gasteiger partial charge < -0.3 is 9.84 Å². The van der Waals surface area contributed by atoms with E-state index in [4.69, 9.17) is 4.52 Å². The maximum atomic E-state index is 13.3. The van der Waals surface area contributed by atoms with Crippen molar-refractivity contribution in [2.75, 3.05) is 11.9 Å². The van der Waals surface area contributed by atoms with Gasteiger partial charge in [0, 0.05) is 11.8 Å². The van der Waals surface area contributed by atoms with Crippen LogP contribution in [0, 0.1) is 18.6 Å². The number of aryl methyl sites for hydroxylation is 1. The van der Waals surface area contributed by atoms with E-state index in [0.717, 1.165) is 37.6 Å². The summed E-state index contributed by atoms with van der Waals surface area (Å²) in [5.74, 6) is -0.766. The Morgan fingerprint density at radius 2 is 2.08 bits per heavy atom. The second kappa shape index (κ2) is 7.04. The molecule has 0 radical (unpaired) electrons. The Balaban J connectivity index is 1.70. The zero-order valence-corrected chi connectivity index (χ0v) is 13.3. The van der Waals surface area contributed by atoms with Gasteiger partial charge in [-0.05, 0) is 38.4 Å². The van der Waals surface area contributed by atoms with E-state index in [1.54, 1.807) is 6.92 Å². The number of carbonyl (C=O) groups excluding carboxylic acids is 1. The van der Waals surface area contributed by atoms with Crippen molar-refractivity contribution in [2.24, 2.45) is 0 Å².